The Bertz CT molecular complexity index is 189. The second-order valence-electron chi connectivity index (χ2n) is 2.06. The zero-order valence-corrected chi connectivity index (χ0v) is 5.05. The van der Waals surface area contributed by atoms with E-state index in [2.05, 4.69) is 6.58 Å². The number of ketones is 1. The van der Waals surface area contributed by atoms with Crippen LogP contribution < -0.4 is 0 Å². The molecule has 0 atom stereocenters. The van der Waals surface area contributed by atoms with E-state index < -0.39 is 0 Å². The molecule has 2 heteroatoms. The number of rotatable bonds is 0. The molecule has 0 unspecified atom stereocenters. The van der Waals surface area contributed by atoms with Gasteiger partial charge in [-0.3, -0.25) is 4.79 Å². The van der Waals surface area contributed by atoms with Gasteiger partial charge in [0.1, 0.15) is 0 Å². The smallest absolute Gasteiger partial charge is 0.222 e. The van der Waals surface area contributed by atoms with Crippen LogP contribution in [0, 0.1) is 0 Å². The molecule has 1 aliphatic carbocycles. The van der Waals surface area contributed by atoms with Crippen molar-refractivity contribution in [3.05, 3.63) is 24.0 Å². The summed E-state index contributed by atoms with van der Waals surface area (Å²) in [5.41, 5.74) is 0.509. The average molecular weight is 124 g/mol. The monoisotopic (exact) mass is 124 g/mol. The summed E-state index contributed by atoms with van der Waals surface area (Å²) in [6.07, 6.45) is 2.94. The maximum atomic E-state index is 10.7. The Morgan fingerprint density at radius 1 is 1.67 bits per heavy atom. The summed E-state index contributed by atoms with van der Waals surface area (Å²) in [5, 5.41) is 8.80. The summed E-state index contributed by atoms with van der Waals surface area (Å²) in [7, 11) is 0. The van der Waals surface area contributed by atoms with Gasteiger partial charge in [-0.05, 0) is 24.5 Å². The van der Waals surface area contributed by atoms with E-state index in [4.69, 9.17) is 5.11 Å². The normalized spacial score (nSPS) is 19.8. The molecule has 0 heterocycles. The van der Waals surface area contributed by atoms with Crippen LogP contribution in [0.25, 0.3) is 0 Å². The van der Waals surface area contributed by atoms with Crippen molar-refractivity contribution in [2.45, 2.75) is 12.8 Å². The first-order chi connectivity index (χ1) is 4.22. The lowest BCUT2D eigenvalue weighted by Gasteiger charge is -2.07. The molecule has 2 nitrogen and oxygen atoms in total. The lowest BCUT2D eigenvalue weighted by atomic mass is 10.0. The van der Waals surface area contributed by atoms with Crippen LogP contribution in [-0.2, 0) is 4.79 Å². The van der Waals surface area contributed by atoms with Crippen LogP contribution in [-0.4, -0.2) is 10.9 Å². The molecular formula is C7H8O2. The van der Waals surface area contributed by atoms with Crippen molar-refractivity contribution in [3.8, 4) is 0 Å². The number of carbonyl (C=O) groups is 1. The molecule has 1 rings (SSSR count). The molecule has 0 aromatic heterocycles. The highest BCUT2D eigenvalue weighted by Crippen LogP contribution is 2.15. The van der Waals surface area contributed by atoms with Crippen LogP contribution in [0.1, 0.15) is 12.8 Å². The number of hydrogen-bond donors (Lipinski definition) is 1. The van der Waals surface area contributed by atoms with E-state index in [1.165, 1.54) is 6.08 Å². The second kappa shape index (κ2) is 2.05. The Labute approximate surface area is 53.5 Å². The highest BCUT2D eigenvalue weighted by Gasteiger charge is 2.15. The maximum absolute atomic E-state index is 10.7. The van der Waals surface area contributed by atoms with Gasteiger partial charge in [0.15, 0.2) is 5.76 Å². The molecule has 0 saturated carbocycles. The molecule has 0 bridgehead atoms. The third-order valence-electron chi connectivity index (χ3n) is 1.34. The van der Waals surface area contributed by atoms with Crippen molar-refractivity contribution in [1.29, 1.82) is 0 Å². The quantitative estimate of drug-likeness (QED) is 0.495. The summed E-state index contributed by atoms with van der Waals surface area (Å²) >= 11 is 0. The van der Waals surface area contributed by atoms with E-state index in [-0.39, 0.29) is 11.5 Å². The van der Waals surface area contributed by atoms with Gasteiger partial charge in [0.25, 0.3) is 0 Å². The predicted molar refractivity (Wildman–Crippen MR) is 34.1 cm³/mol. The largest absolute Gasteiger partial charge is 0.504 e. The van der Waals surface area contributed by atoms with Crippen LogP contribution in [0.15, 0.2) is 24.0 Å². The van der Waals surface area contributed by atoms with E-state index in [0.29, 0.717) is 12.0 Å². The highest BCUT2D eigenvalue weighted by molar-refractivity contribution is 6.06. The van der Waals surface area contributed by atoms with Gasteiger partial charge in [0.2, 0.25) is 5.78 Å². The van der Waals surface area contributed by atoms with Crippen molar-refractivity contribution in [2.75, 3.05) is 0 Å². The standard InChI is InChI=1S/C7H8O2/c1-5-3-2-4-6(8)7(5)9/h4,8H,1-3H2. The van der Waals surface area contributed by atoms with Gasteiger partial charge in [-0.25, -0.2) is 0 Å². The zero-order valence-electron chi connectivity index (χ0n) is 5.05. The summed E-state index contributed by atoms with van der Waals surface area (Å²) in [5.74, 6) is -0.451. The lowest BCUT2D eigenvalue weighted by molar-refractivity contribution is -0.114. The molecule has 0 radical (unpaired) electrons. The molecule has 0 amide bonds. The number of allylic oxidation sites excluding steroid dienone is 2. The van der Waals surface area contributed by atoms with Crippen LogP contribution >= 0.6 is 0 Å². The molecule has 48 valence electrons. The van der Waals surface area contributed by atoms with Crippen LogP contribution in [0.3, 0.4) is 0 Å². The van der Waals surface area contributed by atoms with Crippen molar-refractivity contribution in [3.63, 3.8) is 0 Å². The van der Waals surface area contributed by atoms with Crippen molar-refractivity contribution >= 4 is 5.78 Å². The van der Waals surface area contributed by atoms with Gasteiger partial charge >= 0.3 is 0 Å². The Morgan fingerprint density at radius 2 is 2.33 bits per heavy atom. The van der Waals surface area contributed by atoms with E-state index >= 15 is 0 Å². The average Bonchev–Trinajstić information content (AvgIpc) is 1.83. The first kappa shape index (κ1) is 6.08. The first-order valence-corrected chi connectivity index (χ1v) is 2.83. The van der Waals surface area contributed by atoms with Crippen molar-refractivity contribution in [1.82, 2.24) is 0 Å². The number of carbonyl (C=O) groups excluding carboxylic acids is 1. The van der Waals surface area contributed by atoms with Crippen molar-refractivity contribution < 1.29 is 9.90 Å². The molecule has 1 aliphatic rings. The topological polar surface area (TPSA) is 37.3 Å². The fourth-order valence-electron chi connectivity index (χ4n) is 0.770. The Kier molecular flexibility index (Phi) is 1.39. The molecule has 0 fully saturated rings. The maximum Gasteiger partial charge on any atom is 0.222 e. The van der Waals surface area contributed by atoms with Gasteiger partial charge in [0.05, 0.1) is 0 Å². The molecule has 0 aromatic carbocycles. The Morgan fingerprint density at radius 3 is 2.78 bits per heavy atom. The lowest BCUT2D eigenvalue weighted by Crippen LogP contribution is -2.08. The summed E-state index contributed by atoms with van der Waals surface area (Å²) < 4.78 is 0. The number of Topliss-reactive ketones (excluding diaryl/α,β-unsaturated/α-hetero) is 1. The third kappa shape index (κ3) is 1.02. The molecule has 1 N–H and O–H groups in total. The summed E-state index contributed by atoms with van der Waals surface area (Å²) in [4.78, 5) is 10.7. The summed E-state index contributed by atoms with van der Waals surface area (Å²) in [6, 6.07) is 0. The van der Waals surface area contributed by atoms with Gasteiger partial charge in [-0.2, -0.15) is 0 Å². The molecule has 0 aliphatic heterocycles. The van der Waals surface area contributed by atoms with Crippen LogP contribution in [0.4, 0.5) is 0 Å². The molecule has 0 spiro atoms. The Balaban J connectivity index is 2.86. The van der Waals surface area contributed by atoms with Gasteiger partial charge in [-0.1, -0.05) is 6.58 Å². The fraction of sp³-hybridized carbons (Fsp3) is 0.286. The second-order valence-corrected chi connectivity index (χ2v) is 2.06. The van der Waals surface area contributed by atoms with Crippen LogP contribution in [0.2, 0.25) is 0 Å². The zero-order chi connectivity index (χ0) is 6.85. The highest BCUT2D eigenvalue weighted by atomic mass is 16.3. The third-order valence-corrected chi connectivity index (χ3v) is 1.34. The minimum atomic E-state index is -0.304. The van der Waals surface area contributed by atoms with E-state index in [0.717, 1.165) is 6.42 Å². The SMILES string of the molecule is C=C1CCC=C(O)C1=O. The summed E-state index contributed by atoms with van der Waals surface area (Å²) in [6.45, 7) is 3.50. The van der Waals surface area contributed by atoms with Crippen LogP contribution in [0.5, 0.6) is 0 Å². The number of aliphatic hydroxyl groups is 1. The Hall–Kier alpha value is -1.05. The fourth-order valence-corrected chi connectivity index (χ4v) is 0.770. The minimum absolute atomic E-state index is 0.147. The van der Waals surface area contributed by atoms with Gasteiger partial charge in [0, 0.05) is 0 Å². The molecule has 0 saturated heterocycles. The minimum Gasteiger partial charge on any atom is -0.504 e. The van der Waals surface area contributed by atoms with E-state index in [9.17, 15) is 4.79 Å². The van der Waals surface area contributed by atoms with Crippen molar-refractivity contribution in [2.24, 2.45) is 0 Å². The first-order valence-electron chi connectivity index (χ1n) is 2.83. The van der Waals surface area contributed by atoms with E-state index in [1.54, 1.807) is 0 Å². The predicted octanol–water partition coefficient (Wildman–Crippen LogP) is 1.35. The number of hydrogen-bond acceptors (Lipinski definition) is 2. The molecule has 0 aromatic rings. The van der Waals surface area contributed by atoms with Gasteiger partial charge < -0.3 is 5.11 Å². The molecule has 9 heavy (non-hydrogen) atoms. The number of aliphatic hydroxyl groups excluding tert-OH is 1. The molecular weight excluding hydrogens is 116 g/mol. The van der Waals surface area contributed by atoms with Gasteiger partial charge in [-0.15, -0.1) is 0 Å². The van der Waals surface area contributed by atoms with E-state index in [1.807, 2.05) is 0 Å².